The maximum absolute atomic E-state index is 9.21. The molecule has 1 aromatic carbocycles. The normalized spacial score (nSPS) is 26.5. The monoisotopic (exact) mass is 208 g/mol. The van der Waals surface area contributed by atoms with Gasteiger partial charge in [0.2, 0.25) is 0 Å². The molecule has 3 heteroatoms. The fourth-order valence-corrected chi connectivity index (χ4v) is 1.91. The number of rotatable bonds is 2. The first-order valence-electron chi connectivity index (χ1n) is 5.22. The summed E-state index contributed by atoms with van der Waals surface area (Å²) in [5.74, 6) is 0. The predicted octanol–water partition coefficient (Wildman–Crippen LogP) is 1.44. The van der Waals surface area contributed by atoms with Gasteiger partial charge in [0.1, 0.15) is 12.2 Å². The highest BCUT2D eigenvalue weighted by molar-refractivity contribution is 5.28. The van der Waals surface area contributed by atoms with Gasteiger partial charge in [0.05, 0.1) is 19.8 Å². The third-order valence-corrected chi connectivity index (χ3v) is 2.73. The molecule has 15 heavy (non-hydrogen) atoms. The largest absolute Gasteiger partial charge is 0.394 e. The molecule has 1 fully saturated rings. The van der Waals surface area contributed by atoms with E-state index in [2.05, 4.69) is 0 Å². The predicted molar refractivity (Wildman–Crippen MR) is 56.7 cm³/mol. The number of hydrogen-bond acceptors (Lipinski definition) is 3. The molecule has 1 aromatic rings. The van der Waals surface area contributed by atoms with Gasteiger partial charge < -0.3 is 14.6 Å². The van der Waals surface area contributed by atoms with Crippen LogP contribution >= 0.6 is 0 Å². The molecule has 1 unspecified atom stereocenters. The quantitative estimate of drug-likeness (QED) is 0.799. The van der Waals surface area contributed by atoms with E-state index in [0.717, 1.165) is 5.56 Å². The van der Waals surface area contributed by atoms with Crippen LogP contribution in [0.25, 0.3) is 0 Å². The summed E-state index contributed by atoms with van der Waals surface area (Å²) < 4.78 is 11.1. The van der Waals surface area contributed by atoms with Crippen molar-refractivity contribution in [2.45, 2.75) is 19.1 Å². The SMILES string of the molecule is Cc1ccccc1[C@H]1OCCOC1CO. The van der Waals surface area contributed by atoms with E-state index in [4.69, 9.17) is 9.47 Å². The van der Waals surface area contributed by atoms with E-state index in [9.17, 15) is 5.11 Å². The molecule has 82 valence electrons. The Labute approximate surface area is 89.6 Å². The second-order valence-electron chi connectivity index (χ2n) is 3.74. The van der Waals surface area contributed by atoms with Crippen molar-refractivity contribution in [2.75, 3.05) is 19.8 Å². The molecule has 1 saturated heterocycles. The molecular formula is C12H16O3. The number of benzene rings is 1. The molecule has 3 nitrogen and oxygen atoms in total. The molecular weight excluding hydrogens is 192 g/mol. The van der Waals surface area contributed by atoms with Crippen molar-refractivity contribution < 1.29 is 14.6 Å². The van der Waals surface area contributed by atoms with Crippen molar-refractivity contribution >= 4 is 0 Å². The average Bonchev–Trinajstić information content (AvgIpc) is 2.30. The maximum atomic E-state index is 9.21. The molecule has 0 aromatic heterocycles. The van der Waals surface area contributed by atoms with Gasteiger partial charge >= 0.3 is 0 Å². The topological polar surface area (TPSA) is 38.7 Å². The van der Waals surface area contributed by atoms with Gasteiger partial charge in [-0.2, -0.15) is 0 Å². The van der Waals surface area contributed by atoms with Crippen molar-refractivity contribution in [3.05, 3.63) is 35.4 Å². The van der Waals surface area contributed by atoms with Gasteiger partial charge in [-0.15, -0.1) is 0 Å². The van der Waals surface area contributed by atoms with E-state index in [0.29, 0.717) is 13.2 Å². The lowest BCUT2D eigenvalue weighted by molar-refractivity contribution is -0.155. The van der Waals surface area contributed by atoms with Crippen LogP contribution in [0.2, 0.25) is 0 Å². The highest BCUT2D eigenvalue weighted by Gasteiger charge is 2.28. The summed E-state index contributed by atoms with van der Waals surface area (Å²) in [6, 6.07) is 8.05. The lowest BCUT2D eigenvalue weighted by Crippen LogP contribution is -2.35. The Balaban J connectivity index is 2.24. The molecule has 2 atom stereocenters. The van der Waals surface area contributed by atoms with E-state index in [1.807, 2.05) is 31.2 Å². The molecule has 1 heterocycles. The smallest absolute Gasteiger partial charge is 0.111 e. The van der Waals surface area contributed by atoms with Crippen molar-refractivity contribution in [1.82, 2.24) is 0 Å². The van der Waals surface area contributed by atoms with Crippen LogP contribution in [0.15, 0.2) is 24.3 Å². The fourth-order valence-electron chi connectivity index (χ4n) is 1.91. The molecule has 0 spiro atoms. The summed E-state index contributed by atoms with van der Waals surface area (Å²) in [6.07, 6.45) is -0.371. The maximum Gasteiger partial charge on any atom is 0.111 e. The Kier molecular flexibility index (Phi) is 3.36. The van der Waals surface area contributed by atoms with Crippen LogP contribution in [-0.4, -0.2) is 31.0 Å². The minimum absolute atomic E-state index is 0.000991. The number of aliphatic hydroxyl groups excluding tert-OH is 1. The first-order chi connectivity index (χ1) is 7.33. The van der Waals surface area contributed by atoms with Gasteiger partial charge in [-0.1, -0.05) is 24.3 Å². The van der Waals surface area contributed by atoms with Crippen LogP contribution in [0.1, 0.15) is 17.2 Å². The molecule has 1 aliphatic rings. The fraction of sp³-hybridized carbons (Fsp3) is 0.500. The van der Waals surface area contributed by atoms with Gasteiger partial charge in [0.15, 0.2) is 0 Å². The molecule has 0 saturated carbocycles. The van der Waals surface area contributed by atoms with Crippen molar-refractivity contribution in [3.63, 3.8) is 0 Å². The standard InChI is InChI=1S/C12H16O3/c1-9-4-2-3-5-10(9)12-11(8-13)14-6-7-15-12/h2-5,11-13H,6-8H2,1H3/t11?,12-/m1/s1. The molecule has 0 aliphatic carbocycles. The van der Waals surface area contributed by atoms with E-state index in [1.165, 1.54) is 5.56 Å². The van der Waals surface area contributed by atoms with Crippen LogP contribution in [0, 0.1) is 6.92 Å². The van der Waals surface area contributed by atoms with Crippen LogP contribution in [0.5, 0.6) is 0 Å². The molecule has 2 rings (SSSR count). The van der Waals surface area contributed by atoms with E-state index < -0.39 is 0 Å². The summed E-state index contributed by atoms with van der Waals surface area (Å²) in [4.78, 5) is 0. The summed E-state index contributed by atoms with van der Waals surface area (Å²) in [5.41, 5.74) is 2.28. The zero-order chi connectivity index (χ0) is 10.7. The zero-order valence-electron chi connectivity index (χ0n) is 8.85. The van der Waals surface area contributed by atoms with Crippen molar-refractivity contribution in [2.24, 2.45) is 0 Å². The summed E-state index contributed by atoms with van der Waals surface area (Å²) in [6.45, 7) is 3.20. The minimum Gasteiger partial charge on any atom is -0.394 e. The molecule has 0 radical (unpaired) electrons. The molecule has 0 bridgehead atoms. The first kappa shape index (κ1) is 10.6. The Morgan fingerprint density at radius 3 is 2.73 bits per heavy atom. The van der Waals surface area contributed by atoms with Crippen LogP contribution < -0.4 is 0 Å². The lowest BCUT2D eigenvalue weighted by atomic mass is 9.99. The van der Waals surface area contributed by atoms with E-state index in [1.54, 1.807) is 0 Å². The first-order valence-corrected chi connectivity index (χ1v) is 5.22. The van der Waals surface area contributed by atoms with E-state index >= 15 is 0 Å². The lowest BCUT2D eigenvalue weighted by Gasteiger charge is -2.31. The third-order valence-electron chi connectivity index (χ3n) is 2.73. The summed E-state index contributed by atoms with van der Waals surface area (Å²) in [5, 5.41) is 9.21. The minimum atomic E-state index is -0.236. The molecule has 1 N–H and O–H groups in total. The number of hydrogen-bond donors (Lipinski definition) is 1. The van der Waals surface area contributed by atoms with Crippen LogP contribution in [0.4, 0.5) is 0 Å². The van der Waals surface area contributed by atoms with Gasteiger partial charge in [0, 0.05) is 0 Å². The van der Waals surface area contributed by atoms with Gasteiger partial charge in [-0.05, 0) is 18.1 Å². The zero-order valence-corrected chi connectivity index (χ0v) is 8.85. The second-order valence-corrected chi connectivity index (χ2v) is 3.74. The number of ether oxygens (including phenoxy) is 2. The molecule has 1 aliphatic heterocycles. The van der Waals surface area contributed by atoms with Crippen LogP contribution in [-0.2, 0) is 9.47 Å². The second kappa shape index (κ2) is 4.75. The van der Waals surface area contributed by atoms with Crippen molar-refractivity contribution in [1.29, 1.82) is 0 Å². The highest BCUT2D eigenvalue weighted by atomic mass is 16.6. The Bertz CT molecular complexity index is 324. The third kappa shape index (κ3) is 2.20. The average molecular weight is 208 g/mol. The Morgan fingerprint density at radius 2 is 2.00 bits per heavy atom. The Morgan fingerprint density at radius 1 is 1.27 bits per heavy atom. The summed E-state index contributed by atoms with van der Waals surface area (Å²) >= 11 is 0. The number of aliphatic hydroxyl groups is 1. The van der Waals surface area contributed by atoms with Gasteiger partial charge in [-0.25, -0.2) is 0 Å². The van der Waals surface area contributed by atoms with Gasteiger partial charge in [-0.3, -0.25) is 0 Å². The van der Waals surface area contributed by atoms with Crippen molar-refractivity contribution in [3.8, 4) is 0 Å². The Hall–Kier alpha value is -0.900. The summed E-state index contributed by atoms with van der Waals surface area (Å²) in [7, 11) is 0. The molecule has 0 amide bonds. The number of aryl methyl sites for hydroxylation is 1. The van der Waals surface area contributed by atoms with Gasteiger partial charge in [0.25, 0.3) is 0 Å². The highest BCUT2D eigenvalue weighted by Crippen LogP contribution is 2.28. The van der Waals surface area contributed by atoms with E-state index in [-0.39, 0.29) is 18.8 Å². The van der Waals surface area contributed by atoms with Crippen LogP contribution in [0.3, 0.4) is 0 Å².